The molecule has 2 N–H and O–H groups in total. The summed E-state index contributed by atoms with van der Waals surface area (Å²) in [6.45, 7) is 6.68. The molecule has 0 radical (unpaired) electrons. The van der Waals surface area contributed by atoms with Crippen molar-refractivity contribution in [2.75, 3.05) is 39.0 Å². The molecule has 0 saturated carbocycles. The first-order valence-corrected chi connectivity index (χ1v) is 16.7. The van der Waals surface area contributed by atoms with Gasteiger partial charge in [0.1, 0.15) is 5.00 Å². The zero-order valence-corrected chi connectivity index (χ0v) is 26.7. The Labute approximate surface area is 257 Å². The van der Waals surface area contributed by atoms with Gasteiger partial charge in [-0.3, -0.25) is 19.8 Å². The lowest BCUT2D eigenvalue weighted by Crippen LogP contribution is -2.39. The molecule has 1 aliphatic heterocycles. The zero-order chi connectivity index (χ0) is 31.1. The normalized spacial score (nSPS) is 13.4. The molecule has 0 atom stereocenters. The first-order chi connectivity index (χ1) is 20.5. The molecule has 12 heteroatoms. The van der Waals surface area contributed by atoms with E-state index in [4.69, 9.17) is 0 Å². The summed E-state index contributed by atoms with van der Waals surface area (Å²) in [6.07, 6.45) is 2.23. The minimum Gasteiger partial charge on any atom is -0.331 e. The molecule has 2 heterocycles. The highest BCUT2D eigenvalue weighted by Crippen LogP contribution is 2.38. The fourth-order valence-electron chi connectivity index (χ4n) is 4.92. The molecule has 4 rings (SSSR count). The number of fused-ring (bicyclic) bond motifs is 1. The van der Waals surface area contributed by atoms with Crippen LogP contribution in [-0.4, -0.2) is 74.1 Å². The highest BCUT2D eigenvalue weighted by Gasteiger charge is 2.30. The number of amides is 4. The molecule has 0 unspecified atom stereocenters. The van der Waals surface area contributed by atoms with Crippen LogP contribution >= 0.6 is 11.3 Å². The molecule has 0 spiro atoms. The number of unbranched alkanes of at least 4 members (excludes halogenated alkanes) is 1. The Morgan fingerprint density at radius 3 is 2.30 bits per heavy atom. The predicted molar refractivity (Wildman–Crippen MR) is 169 cm³/mol. The summed E-state index contributed by atoms with van der Waals surface area (Å²) >= 11 is 1.32. The van der Waals surface area contributed by atoms with Crippen LogP contribution in [0.3, 0.4) is 0 Å². The number of imide groups is 1. The van der Waals surface area contributed by atoms with Gasteiger partial charge in [0.2, 0.25) is 10.0 Å². The lowest BCUT2D eigenvalue weighted by atomic mass is 10.0. The Morgan fingerprint density at radius 2 is 1.67 bits per heavy atom. The average molecular weight is 626 g/mol. The minimum absolute atomic E-state index is 0.120. The average Bonchev–Trinajstić information content (AvgIpc) is 3.35. The molecule has 0 saturated heterocycles. The van der Waals surface area contributed by atoms with Crippen LogP contribution in [0.4, 0.5) is 9.80 Å². The molecule has 230 valence electrons. The second kappa shape index (κ2) is 14.3. The number of urea groups is 1. The second-order valence-corrected chi connectivity index (χ2v) is 13.7. The largest absolute Gasteiger partial charge is 0.331 e. The zero-order valence-electron chi connectivity index (χ0n) is 25.1. The van der Waals surface area contributed by atoms with Crippen LogP contribution < -0.4 is 10.6 Å². The number of sulfonamides is 1. The van der Waals surface area contributed by atoms with E-state index < -0.39 is 27.9 Å². The number of carbonyl (C=O) groups is 3. The number of benzene rings is 2. The molecule has 3 aromatic rings. The smallest absolute Gasteiger partial charge is 0.323 e. The summed E-state index contributed by atoms with van der Waals surface area (Å²) in [6, 6.07) is 15.4. The van der Waals surface area contributed by atoms with E-state index in [1.807, 2.05) is 25.1 Å². The summed E-state index contributed by atoms with van der Waals surface area (Å²) in [4.78, 5) is 43.6. The van der Waals surface area contributed by atoms with E-state index in [9.17, 15) is 22.8 Å². The van der Waals surface area contributed by atoms with E-state index in [0.717, 1.165) is 36.4 Å². The van der Waals surface area contributed by atoms with E-state index in [1.165, 1.54) is 50.4 Å². The van der Waals surface area contributed by atoms with Crippen molar-refractivity contribution in [3.63, 3.8) is 0 Å². The van der Waals surface area contributed by atoms with Gasteiger partial charge in [0.05, 0.1) is 10.5 Å². The molecular weight excluding hydrogens is 587 g/mol. The third-order valence-electron chi connectivity index (χ3n) is 7.33. The second-order valence-electron chi connectivity index (χ2n) is 10.6. The van der Waals surface area contributed by atoms with Crippen LogP contribution in [-0.2, 0) is 29.5 Å². The van der Waals surface area contributed by atoms with Crippen molar-refractivity contribution in [1.29, 1.82) is 0 Å². The number of hydrogen-bond acceptors (Lipinski definition) is 7. The predicted octanol–water partition coefficient (Wildman–Crippen LogP) is 4.78. The van der Waals surface area contributed by atoms with Crippen molar-refractivity contribution in [3.05, 3.63) is 81.7 Å². The molecule has 10 nitrogen and oxygen atoms in total. The van der Waals surface area contributed by atoms with Crippen LogP contribution in [0.25, 0.3) is 0 Å². The highest BCUT2D eigenvalue weighted by atomic mass is 32.2. The summed E-state index contributed by atoms with van der Waals surface area (Å²) in [5, 5.41) is 5.63. The molecule has 0 fully saturated rings. The summed E-state index contributed by atoms with van der Waals surface area (Å²) in [5.41, 5.74) is 2.55. The molecule has 1 aliphatic rings. The minimum atomic E-state index is -3.68. The van der Waals surface area contributed by atoms with Crippen molar-refractivity contribution >= 4 is 44.2 Å². The first kappa shape index (κ1) is 32.3. The maximum absolute atomic E-state index is 13.3. The monoisotopic (exact) mass is 625 g/mol. The van der Waals surface area contributed by atoms with E-state index >= 15 is 0 Å². The van der Waals surface area contributed by atoms with Crippen LogP contribution in [0.5, 0.6) is 0 Å². The van der Waals surface area contributed by atoms with Gasteiger partial charge < -0.3 is 10.2 Å². The Morgan fingerprint density at radius 1 is 0.977 bits per heavy atom. The quantitative estimate of drug-likeness (QED) is 0.317. The van der Waals surface area contributed by atoms with Crippen LogP contribution in [0.2, 0.25) is 0 Å². The van der Waals surface area contributed by atoms with Gasteiger partial charge in [0.25, 0.3) is 11.8 Å². The van der Waals surface area contributed by atoms with Crippen molar-refractivity contribution in [1.82, 2.24) is 19.4 Å². The number of carbonyl (C=O) groups excluding carboxylic acids is 3. The van der Waals surface area contributed by atoms with Crippen LogP contribution in [0.15, 0.2) is 59.5 Å². The molecule has 2 aromatic carbocycles. The van der Waals surface area contributed by atoms with Crippen molar-refractivity contribution < 1.29 is 22.8 Å². The molecule has 0 bridgehead atoms. The Bertz CT molecular complexity index is 1550. The van der Waals surface area contributed by atoms with Gasteiger partial charge in [0, 0.05) is 57.3 Å². The number of rotatable bonds is 11. The van der Waals surface area contributed by atoms with Gasteiger partial charge in [-0.05, 0) is 48.2 Å². The summed E-state index contributed by atoms with van der Waals surface area (Å²) in [7, 11) is -0.591. The van der Waals surface area contributed by atoms with Crippen LogP contribution in [0, 0.1) is 0 Å². The molecule has 1 aromatic heterocycles. The Hall–Kier alpha value is -3.58. The van der Waals surface area contributed by atoms with E-state index in [2.05, 4.69) is 27.7 Å². The number of nitrogens with one attached hydrogen (secondary N) is 2. The molecule has 0 aliphatic carbocycles. The lowest BCUT2D eigenvalue weighted by molar-refractivity contribution is 0.0956. The van der Waals surface area contributed by atoms with E-state index in [-0.39, 0.29) is 16.0 Å². The van der Waals surface area contributed by atoms with Crippen LogP contribution in [0.1, 0.15) is 63.4 Å². The van der Waals surface area contributed by atoms with Gasteiger partial charge >= 0.3 is 6.03 Å². The van der Waals surface area contributed by atoms with E-state index in [1.54, 1.807) is 21.0 Å². The van der Waals surface area contributed by atoms with Crippen molar-refractivity contribution in [2.45, 2.75) is 51.1 Å². The number of hydrogen-bond donors (Lipinski definition) is 2. The van der Waals surface area contributed by atoms with Crippen molar-refractivity contribution in [3.8, 4) is 0 Å². The molecule has 4 amide bonds. The van der Waals surface area contributed by atoms with Gasteiger partial charge in [0.15, 0.2) is 0 Å². The maximum atomic E-state index is 13.3. The fourth-order valence-corrected chi connectivity index (χ4v) is 7.69. The Kier molecular flexibility index (Phi) is 10.7. The number of thiophene rings is 1. The van der Waals surface area contributed by atoms with Gasteiger partial charge in [-0.25, -0.2) is 13.2 Å². The van der Waals surface area contributed by atoms with Gasteiger partial charge in [-0.2, -0.15) is 4.31 Å². The highest BCUT2D eigenvalue weighted by molar-refractivity contribution is 7.89. The topological polar surface area (TPSA) is 119 Å². The van der Waals surface area contributed by atoms with E-state index in [0.29, 0.717) is 31.1 Å². The molecular formula is C31H39N5O5S2. The summed E-state index contributed by atoms with van der Waals surface area (Å²) in [5.74, 6) is -1.05. The van der Waals surface area contributed by atoms with Crippen molar-refractivity contribution in [2.24, 2.45) is 0 Å². The first-order valence-electron chi connectivity index (χ1n) is 14.4. The Balaban J connectivity index is 1.58. The number of nitrogens with zero attached hydrogens (tertiary/aromatic N) is 3. The maximum Gasteiger partial charge on any atom is 0.323 e. The summed E-state index contributed by atoms with van der Waals surface area (Å²) < 4.78 is 27.6. The van der Waals surface area contributed by atoms with Gasteiger partial charge in [-0.1, -0.05) is 50.6 Å². The third kappa shape index (κ3) is 7.69. The molecule has 43 heavy (non-hydrogen) atoms. The lowest BCUT2D eigenvalue weighted by Gasteiger charge is -2.27. The SMILES string of the molecule is CCCCN(CC)S(=O)(=O)c1ccc(C(=O)Nc2sc3c(c2C(=O)NC(=O)N(C)C)CCN(Cc2ccccc2)C3)cc1. The standard InChI is InChI=1S/C31H39N5O5S2/c1-5-7-18-36(6-2)43(40,41)24-15-13-23(14-16-24)28(37)32-30-27(29(38)33-31(39)34(3)4)25-17-19-35(21-26(25)42-30)20-22-11-9-8-10-12-22/h8-16H,5-7,17-21H2,1-4H3,(H,32,37)(H,33,38,39). The van der Waals surface area contributed by atoms with Gasteiger partial charge in [-0.15, -0.1) is 11.3 Å². The fraction of sp³-hybridized carbons (Fsp3) is 0.387. The number of anilines is 1. The third-order valence-corrected chi connectivity index (χ3v) is 10.5.